The summed E-state index contributed by atoms with van der Waals surface area (Å²) in [6.45, 7) is 2.94. The molecule has 0 aliphatic carbocycles. The molecule has 0 atom stereocenters. The number of benzene rings is 2. The molecule has 1 saturated heterocycles. The first-order chi connectivity index (χ1) is 14.1. The number of hydrogen-bond acceptors (Lipinski definition) is 5. The zero-order valence-electron chi connectivity index (χ0n) is 16.3. The molecule has 0 bridgehead atoms. The fraction of sp³-hybridized carbons (Fsp3) is 0.318. The van der Waals surface area contributed by atoms with E-state index < -0.39 is 5.97 Å². The van der Waals surface area contributed by atoms with Crippen molar-refractivity contribution in [3.63, 3.8) is 0 Å². The molecule has 3 rings (SSSR count). The summed E-state index contributed by atoms with van der Waals surface area (Å²) in [6.07, 6.45) is 1.40. The van der Waals surface area contributed by atoms with E-state index in [9.17, 15) is 14.4 Å². The first-order valence-corrected chi connectivity index (χ1v) is 9.63. The van der Waals surface area contributed by atoms with Gasteiger partial charge in [0.05, 0.1) is 6.61 Å². The molecule has 2 aromatic rings. The Bertz CT molecular complexity index is 879. The first kappa shape index (κ1) is 20.4. The van der Waals surface area contributed by atoms with Crippen molar-refractivity contribution in [1.82, 2.24) is 5.32 Å². The van der Waals surface area contributed by atoms with Crippen molar-refractivity contribution in [1.29, 1.82) is 0 Å². The Morgan fingerprint density at radius 3 is 2.55 bits per heavy atom. The van der Waals surface area contributed by atoms with Gasteiger partial charge < -0.3 is 19.7 Å². The van der Waals surface area contributed by atoms with Crippen molar-refractivity contribution in [3.8, 4) is 5.75 Å². The minimum Gasteiger partial charge on any atom is -0.493 e. The van der Waals surface area contributed by atoms with Gasteiger partial charge in [-0.25, -0.2) is 0 Å². The number of ether oxygens (including phenoxy) is 2. The molecular formula is C22H24N2O5. The molecule has 29 heavy (non-hydrogen) atoms. The van der Waals surface area contributed by atoms with Crippen molar-refractivity contribution in [2.45, 2.75) is 26.4 Å². The minimum atomic E-state index is -0.538. The normalized spacial score (nSPS) is 13.3. The lowest BCUT2D eigenvalue weighted by atomic mass is 10.2. The molecule has 1 heterocycles. The third kappa shape index (κ3) is 5.34. The summed E-state index contributed by atoms with van der Waals surface area (Å²) in [5.41, 5.74) is 1.95. The molecule has 0 radical (unpaired) electrons. The Balaban J connectivity index is 1.47. The number of carbonyl (C=O) groups is 3. The van der Waals surface area contributed by atoms with Gasteiger partial charge in [-0.3, -0.25) is 14.4 Å². The van der Waals surface area contributed by atoms with E-state index in [0.29, 0.717) is 30.9 Å². The predicted molar refractivity (Wildman–Crippen MR) is 108 cm³/mol. The average molecular weight is 396 g/mol. The topological polar surface area (TPSA) is 84.9 Å². The van der Waals surface area contributed by atoms with E-state index in [2.05, 4.69) is 5.32 Å². The largest absolute Gasteiger partial charge is 0.493 e. The van der Waals surface area contributed by atoms with Crippen LogP contribution in [0.1, 0.15) is 35.7 Å². The van der Waals surface area contributed by atoms with Crippen LogP contribution in [0.4, 0.5) is 5.69 Å². The molecule has 1 fully saturated rings. The summed E-state index contributed by atoms with van der Waals surface area (Å²) in [5.74, 6) is -0.154. The molecule has 152 valence electrons. The second-order valence-electron chi connectivity index (χ2n) is 6.58. The Kier molecular flexibility index (Phi) is 6.84. The van der Waals surface area contributed by atoms with Gasteiger partial charge >= 0.3 is 5.97 Å². The molecule has 0 unspecified atom stereocenters. The lowest BCUT2D eigenvalue weighted by Gasteiger charge is -2.15. The van der Waals surface area contributed by atoms with Crippen molar-refractivity contribution in [2.24, 2.45) is 0 Å². The smallest absolute Gasteiger partial charge is 0.325 e. The number of esters is 1. The van der Waals surface area contributed by atoms with E-state index in [1.807, 2.05) is 31.2 Å². The molecule has 1 aliphatic rings. The van der Waals surface area contributed by atoms with Crippen molar-refractivity contribution < 1.29 is 23.9 Å². The van der Waals surface area contributed by atoms with Gasteiger partial charge in [0.2, 0.25) is 5.91 Å². The Labute approximate surface area is 169 Å². The van der Waals surface area contributed by atoms with Gasteiger partial charge in [0, 0.05) is 29.8 Å². The molecule has 2 aromatic carbocycles. The van der Waals surface area contributed by atoms with Gasteiger partial charge in [-0.2, -0.15) is 0 Å². The highest BCUT2D eigenvalue weighted by molar-refractivity contribution is 5.98. The molecule has 1 N–H and O–H groups in total. The Morgan fingerprint density at radius 1 is 1.10 bits per heavy atom. The average Bonchev–Trinajstić information content (AvgIpc) is 3.17. The van der Waals surface area contributed by atoms with E-state index >= 15 is 0 Å². The summed E-state index contributed by atoms with van der Waals surface area (Å²) in [4.78, 5) is 37.7. The van der Waals surface area contributed by atoms with Gasteiger partial charge in [0.15, 0.2) is 0 Å². The summed E-state index contributed by atoms with van der Waals surface area (Å²) in [5, 5.41) is 2.55. The monoisotopic (exact) mass is 396 g/mol. The number of amides is 2. The van der Waals surface area contributed by atoms with E-state index in [1.165, 1.54) is 0 Å². The second-order valence-corrected chi connectivity index (χ2v) is 6.58. The van der Waals surface area contributed by atoms with E-state index in [4.69, 9.17) is 9.47 Å². The van der Waals surface area contributed by atoms with Crippen LogP contribution in [0.5, 0.6) is 5.75 Å². The van der Waals surface area contributed by atoms with Crippen LogP contribution in [0.2, 0.25) is 0 Å². The van der Waals surface area contributed by atoms with Crippen LogP contribution in [0.15, 0.2) is 48.5 Å². The lowest BCUT2D eigenvalue weighted by molar-refractivity contribution is -0.143. The minimum absolute atomic E-state index is 0.0729. The van der Waals surface area contributed by atoms with Crippen molar-refractivity contribution in [3.05, 3.63) is 59.7 Å². The molecule has 1 aliphatic heterocycles. The predicted octanol–water partition coefficient (Wildman–Crippen LogP) is 2.69. The zero-order chi connectivity index (χ0) is 20.6. The maximum absolute atomic E-state index is 12.2. The molecule has 0 aromatic heterocycles. The number of anilines is 1. The number of para-hydroxylation sites is 1. The van der Waals surface area contributed by atoms with Crippen LogP contribution in [0, 0.1) is 0 Å². The maximum Gasteiger partial charge on any atom is 0.325 e. The van der Waals surface area contributed by atoms with Crippen molar-refractivity contribution in [2.75, 3.05) is 24.6 Å². The molecule has 7 heteroatoms. The van der Waals surface area contributed by atoms with Gasteiger partial charge in [-0.15, -0.1) is 0 Å². The maximum atomic E-state index is 12.2. The van der Waals surface area contributed by atoms with Crippen LogP contribution in [0.3, 0.4) is 0 Å². The summed E-state index contributed by atoms with van der Waals surface area (Å²) < 4.78 is 10.7. The molecule has 2 amide bonds. The van der Waals surface area contributed by atoms with Crippen LogP contribution < -0.4 is 15.0 Å². The standard InChI is InChI=1S/C22H24N2O5/c1-2-28-19-7-4-3-6-17(19)15-29-21(26)14-23-22(27)16-9-11-18(12-10-16)24-13-5-8-20(24)25/h3-4,6-7,9-12H,2,5,8,13-15H2,1H3,(H,23,27). The molecular weight excluding hydrogens is 372 g/mol. The highest BCUT2D eigenvalue weighted by Crippen LogP contribution is 2.21. The van der Waals surface area contributed by atoms with Crippen LogP contribution in [-0.4, -0.2) is 37.5 Å². The SMILES string of the molecule is CCOc1ccccc1COC(=O)CNC(=O)c1ccc(N2CCCC2=O)cc1. The molecule has 0 saturated carbocycles. The molecule has 7 nitrogen and oxygen atoms in total. The number of rotatable bonds is 8. The van der Waals surface area contributed by atoms with Gasteiger partial charge in [0.1, 0.15) is 18.9 Å². The fourth-order valence-electron chi connectivity index (χ4n) is 3.10. The number of nitrogens with one attached hydrogen (secondary N) is 1. The quantitative estimate of drug-likeness (QED) is 0.694. The Morgan fingerprint density at radius 2 is 1.86 bits per heavy atom. The van der Waals surface area contributed by atoms with Crippen LogP contribution in [0.25, 0.3) is 0 Å². The molecule has 0 spiro atoms. The van der Waals surface area contributed by atoms with Gasteiger partial charge in [-0.05, 0) is 43.7 Å². The summed E-state index contributed by atoms with van der Waals surface area (Å²) in [6, 6.07) is 14.1. The number of carbonyl (C=O) groups excluding carboxylic acids is 3. The zero-order valence-corrected chi connectivity index (χ0v) is 16.3. The van der Waals surface area contributed by atoms with Crippen LogP contribution >= 0.6 is 0 Å². The number of nitrogens with zero attached hydrogens (tertiary/aromatic N) is 1. The highest BCUT2D eigenvalue weighted by atomic mass is 16.5. The van der Waals surface area contributed by atoms with E-state index in [-0.39, 0.29) is 25.0 Å². The van der Waals surface area contributed by atoms with Crippen molar-refractivity contribution >= 4 is 23.5 Å². The first-order valence-electron chi connectivity index (χ1n) is 9.63. The summed E-state index contributed by atoms with van der Waals surface area (Å²) in [7, 11) is 0. The van der Waals surface area contributed by atoms with Crippen LogP contribution in [-0.2, 0) is 20.9 Å². The highest BCUT2D eigenvalue weighted by Gasteiger charge is 2.21. The van der Waals surface area contributed by atoms with E-state index in [0.717, 1.165) is 17.7 Å². The van der Waals surface area contributed by atoms with E-state index in [1.54, 1.807) is 29.2 Å². The fourth-order valence-corrected chi connectivity index (χ4v) is 3.10. The third-order valence-corrected chi connectivity index (χ3v) is 4.57. The Hall–Kier alpha value is -3.35. The third-order valence-electron chi connectivity index (χ3n) is 4.57. The number of hydrogen-bond donors (Lipinski definition) is 1. The lowest BCUT2D eigenvalue weighted by Crippen LogP contribution is -2.30. The summed E-state index contributed by atoms with van der Waals surface area (Å²) >= 11 is 0. The second kappa shape index (κ2) is 9.73. The van der Waals surface area contributed by atoms with Gasteiger partial charge in [0.25, 0.3) is 5.91 Å². The van der Waals surface area contributed by atoms with Gasteiger partial charge in [-0.1, -0.05) is 18.2 Å².